The fourth-order valence-electron chi connectivity index (χ4n) is 3.32. The number of nitrogens with zero attached hydrogens (tertiary/aromatic N) is 4. The lowest BCUT2D eigenvalue weighted by atomic mass is 9.97. The molecule has 4 N–H and O–H groups in total. The number of H-pyrrole nitrogens is 1. The highest BCUT2D eigenvalue weighted by atomic mass is 16.5. The zero-order valence-corrected chi connectivity index (χ0v) is 15.5. The van der Waals surface area contributed by atoms with Crippen molar-refractivity contribution in [3.05, 3.63) is 52.6 Å². The molecule has 0 bridgehead atoms. The molecule has 11 nitrogen and oxygen atoms in total. The molecule has 152 valence electrons. The number of aromatic nitrogens is 5. The van der Waals surface area contributed by atoms with Crippen molar-refractivity contribution in [1.29, 1.82) is 0 Å². The second-order valence-electron chi connectivity index (χ2n) is 6.98. The molecule has 1 fully saturated rings. The third-order valence-corrected chi connectivity index (χ3v) is 4.87. The molecule has 0 saturated carbocycles. The number of fused-ring (bicyclic) bond motifs is 1. The fraction of sp³-hybridized carbons (Fsp3) is 0.389. The van der Waals surface area contributed by atoms with Gasteiger partial charge in [0.05, 0.1) is 37.4 Å². The standard InChI is InChI=1S/C18H20N6O5/c1-9-2-10(4-19-3-9)17(27)23-11-6-29-12(15(26)14(11)25)5-24-8-22-13-16(24)20-7-21-18(13)28/h2-4,7-8,11-12,14-15,25-26H,5-6H2,1H3,(H,23,27)(H,20,21,28)/t11-,12-,14+,15-/m1/s1. The van der Waals surface area contributed by atoms with Gasteiger partial charge in [0, 0.05) is 12.4 Å². The van der Waals surface area contributed by atoms with Crippen molar-refractivity contribution < 1.29 is 19.7 Å². The quantitative estimate of drug-likeness (QED) is 0.423. The molecule has 1 aliphatic rings. The van der Waals surface area contributed by atoms with Crippen LogP contribution >= 0.6 is 0 Å². The summed E-state index contributed by atoms with van der Waals surface area (Å²) in [5.41, 5.74) is 1.34. The van der Waals surface area contributed by atoms with E-state index in [1.54, 1.807) is 16.8 Å². The molecule has 29 heavy (non-hydrogen) atoms. The van der Waals surface area contributed by atoms with Gasteiger partial charge in [-0.2, -0.15) is 0 Å². The molecule has 1 aliphatic heterocycles. The molecule has 3 aromatic heterocycles. The minimum atomic E-state index is -1.26. The summed E-state index contributed by atoms with van der Waals surface area (Å²) < 4.78 is 7.26. The van der Waals surface area contributed by atoms with Crippen LogP contribution in [0.5, 0.6) is 0 Å². The van der Waals surface area contributed by atoms with Gasteiger partial charge in [-0.15, -0.1) is 0 Å². The van der Waals surface area contributed by atoms with Crippen LogP contribution in [-0.2, 0) is 11.3 Å². The SMILES string of the molecule is Cc1cncc(C(=O)N[C@@H]2CO[C@H](Cn3cnc4c(=O)[nH]cnc43)[C@@H](O)[C@H]2O)c1. The van der Waals surface area contributed by atoms with E-state index in [0.717, 1.165) is 5.56 Å². The molecule has 3 aromatic rings. The number of hydrogen-bond donors (Lipinski definition) is 4. The summed E-state index contributed by atoms with van der Waals surface area (Å²) in [5.74, 6) is -0.413. The molecule has 11 heteroatoms. The Kier molecular flexibility index (Phi) is 5.09. The zero-order chi connectivity index (χ0) is 20.5. The number of amides is 1. The average Bonchev–Trinajstić information content (AvgIpc) is 3.12. The summed E-state index contributed by atoms with van der Waals surface area (Å²) in [7, 11) is 0. The van der Waals surface area contributed by atoms with E-state index in [2.05, 4.69) is 25.3 Å². The first-order valence-electron chi connectivity index (χ1n) is 9.03. The Hall–Kier alpha value is -3.15. The van der Waals surface area contributed by atoms with Crippen LogP contribution in [-0.4, -0.2) is 71.6 Å². The van der Waals surface area contributed by atoms with Gasteiger partial charge < -0.3 is 29.8 Å². The number of aliphatic hydroxyl groups excluding tert-OH is 2. The van der Waals surface area contributed by atoms with Gasteiger partial charge in [-0.25, -0.2) is 9.97 Å². The lowest BCUT2D eigenvalue weighted by Gasteiger charge is -2.38. The Labute approximate surface area is 164 Å². The van der Waals surface area contributed by atoms with Gasteiger partial charge in [-0.3, -0.25) is 14.6 Å². The minimum Gasteiger partial charge on any atom is -0.388 e. The van der Waals surface area contributed by atoms with Crippen LogP contribution in [0, 0.1) is 6.92 Å². The molecular formula is C18H20N6O5. The summed E-state index contributed by atoms with van der Waals surface area (Å²) in [6, 6.07) is 0.894. The van der Waals surface area contributed by atoms with Crippen LogP contribution in [0.15, 0.2) is 35.9 Å². The second-order valence-corrected chi connectivity index (χ2v) is 6.98. The van der Waals surface area contributed by atoms with Crippen molar-refractivity contribution in [1.82, 2.24) is 29.8 Å². The second kappa shape index (κ2) is 7.70. The number of aliphatic hydroxyl groups is 2. The van der Waals surface area contributed by atoms with E-state index in [4.69, 9.17) is 4.74 Å². The Balaban J connectivity index is 1.44. The number of rotatable bonds is 4. The van der Waals surface area contributed by atoms with E-state index in [1.165, 1.54) is 18.9 Å². The summed E-state index contributed by atoms with van der Waals surface area (Å²) in [6.45, 7) is 1.96. The maximum atomic E-state index is 12.4. The van der Waals surface area contributed by atoms with Crippen molar-refractivity contribution in [2.75, 3.05) is 6.61 Å². The van der Waals surface area contributed by atoms with Crippen LogP contribution in [0.4, 0.5) is 0 Å². The molecule has 1 amide bonds. The number of aromatic amines is 1. The number of aryl methyl sites for hydroxylation is 1. The predicted molar refractivity (Wildman–Crippen MR) is 100 cm³/mol. The van der Waals surface area contributed by atoms with Gasteiger partial charge >= 0.3 is 0 Å². The fourth-order valence-corrected chi connectivity index (χ4v) is 3.32. The number of imidazole rings is 1. The van der Waals surface area contributed by atoms with Crippen LogP contribution in [0.3, 0.4) is 0 Å². The number of carbonyl (C=O) groups excluding carboxylic acids is 1. The maximum Gasteiger partial charge on any atom is 0.278 e. The number of ether oxygens (including phenoxy) is 1. The third kappa shape index (κ3) is 3.75. The largest absolute Gasteiger partial charge is 0.388 e. The monoisotopic (exact) mass is 400 g/mol. The average molecular weight is 400 g/mol. The number of hydrogen-bond acceptors (Lipinski definition) is 8. The van der Waals surface area contributed by atoms with Crippen LogP contribution < -0.4 is 10.9 Å². The molecule has 0 aromatic carbocycles. The highest BCUT2D eigenvalue weighted by Crippen LogP contribution is 2.19. The van der Waals surface area contributed by atoms with Crippen LogP contribution in [0.25, 0.3) is 11.2 Å². The predicted octanol–water partition coefficient (Wildman–Crippen LogP) is -1.26. The smallest absolute Gasteiger partial charge is 0.278 e. The molecule has 0 aliphatic carbocycles. The molecule has 0 radical (unpaired) electrons. The van der Waals surface area contributed by atoms with Crippen LogP contribution in [0.1, 0.15) is 15.9 Å². The van der Waals surface area contributed by atoms with E-state index >= 15 is 0 Å². The van der Waals surface area contributed by atoms with Gasteiger partial charge in [-0.05, 0) is 18.6 Å². The van der Waals surface area contributed by atoms with Crippen molar-refractivity contribution in [3.8, 4) is 0 Å². The molecule has 4 rings (SSSR count). The summed E-state index contributed by atoms with van der Waals surface area (Å²) in [4.78, 5) is 38.6. The molecular weight excluding hydrogens is 380 g/mol. The Morgan fingerprint density at radius 3 is 2.97 bits per heavy atom. The van der Waals surface area contributed by atoms with Crippen molar-refractivity contribution in [3.63, 3.8) is 0 Å². The number of carbonyl (C=O) groups is 1. The van der Waals surface area contributed by atoms with Crippen molar-refractivity contribution in [2.45, 2.75) is 37.8 Å². The van der Waals surface area contributed by atoms with Crippen LogP contribution in [0.2, 0.25) is 0 Å². The van der Waals surface area contributed by atoms with E-state index < -0.39 is 30.3 Å². The molecule has 0 unspecified atom stereocenters. The van der Waals surface area contributed by atoms with Crippen molar-refractivity contribution in [2.24, 2.45) is 0 Å². The highest BCUT2D eigenvalue weighted by Gasteiger charge is 2.39. The van der Waals surface area contributed by atoms with Gasteiger partial charge in [0.25, 0.3) is 11.5 Å². The topological polar surface area (TPSA) is 155 Å². The van der Waals surface area contributed by atoms with Crippen molar-refractivity contribution >= 4 is 17.1 Å². The summed E-state index contributed by atoms with van der Waals surface area (Å²) in [6.07, 6.45) is 2.49. The third-order valence-electron chi connectivity index (χ3n) is 4.87. The van der Waals surface area contributed by atoms with E-state index in [1.807, 2.05) is 6.92 Å². The van der Waals surface area contributed by atoms with Gasteiger partial charge in [0.1, 0.15) is 18.3 Å². The molecule has 0 spiro atoms. The maximum absolute atomic E-state index is 12.4. The Morgan fingerprint density at radius 1 is 1.34 bits per heavy atom. The summed E-state index contributed by atoms with van der Waals surface area (Å²) >= 11 is 0. The number of nitrogens with one attached hydrogen (secondary N) is 2. The molecule has 4 heterocycles. The Morgan fingerprint density at radius 2 is 2.17 bits per heavy atom. The zero-order valence-electron chi connectivity index (χ0n) is 15.5. The van der Waals surface area contributed by atoms with Gasteiger partial charge in [0.15, 0.2) is 11.2 Å². The van der Waals surface area contributed by atoms with Gasteiger partial charge in [-0.1, -0.05) is 0 Å². The number of pyridine rings is 1. The van der Waals surface area contributed by atoms with E-state index in [-0.39, 0.29) is 24.2 Å². The van der Waals surface area contributed by atoms with E-state index in [9.17, 15) is 19.8 Å². The Bertz CT molecular complexity index is 1100. The van der Waals surface area contributed by atoms with E-state index in [0.29, 0.717) is 11.2 Å². The lowest BCUT2D eigenvalue weighted by Crippen LogP contribution is -2.59. The first-order valence-corrected chi connectivity index (χ1v) is 9.03. The van der Waals surface area contributed by atoms with Gasteiger partial charge in [0.2, 0.25) is 0 Å². The summed E-state index contributed by atoms with van der Waals surface area (Å²) in [5, 5.41) is 23.7. The molecule has 1 saturated heterocycles. The first kappa shape index (κ1) is 19.2. The highest BCUT2D eigenvalue weighted by molar-refractivity contribution is 5.94. The molecule has 4 atom stereocenters. The normalized spacial score (nSPS) is 24.5. The lowest BCUT2D eigenvalue weighted by molar-refractivity contribution is -0.152. The first-order chi connectivity index (χ1) is 13.9. The minimum absolute atomic E-state index is 0.00845.